The standard InChI is InChI=1S/C16H24N2O/c1-2-13-11-19-10-9-18(13)15-8-7-12-5-3-4-6-14(12)16(15)17/h3-6,13,15-16H,2,7-11,17H2,1H3. The van der Waals surface area contributed by atoms with E-state index in [4.69, 9.17) is 10.5 Å². The quantitative estimate of drug-likeness (QED) is 0.885. The summed E-state index contributed by atoms with van der Waals surface area (Å²) >= 11 is 0. The largest absolute Gasteiger partial charge is 0.378 e. The van der Waals surface area contributed by atoms with Crippen molar-refractivity contribution in [3.05, 3.63) is 35.4 Å². The van der Waals surface area contributed by atoms with E-state index in [0.717, 1.165) is 32.6 Å². The lowest BCUT2D eigenvalue weighted by atomic mass is 9.83. The van der Waals surface area contributed by atoms with Gasteiger partial charge in [0.15, 0.2) is 0 Å². The number of aryl methyl sites for hydroxylation is 1. The smallest absolute Gasteiger partial charge is 0.0622 e. The Kier molecular flexibility index (Phi) is 3.87. The van der Waals surface area contributed by atoms with Crippen molar-refractivity contribution in [2.45, 2.75) is 44.3 Å². The summed E-state index contributed by atoms with van der Waals surface area (Å²) in [4.78, 5) is 2.60. The Morgan fingerprint density at radius 3 is 3.05 bits per heavy atom. The number of benzene rings is 1. The zero-order chi connectivity index (χ0) is 13.2. The maximum atomic E-state index is 6.56. The van der Waals surface area contributed by atoms with Gasteiger partial charge in [-0.1, -0.05) is 31.2 Å². The third kappa shape index (κ3) is 2.42. The molecule has 3 atom stereocenters. The van der Waals surface area contributed by atoms with E-state index in [1.807, 2.05) is 0 Å². The first-order valence-electron chi connectivity index (χ1n) is 7.48. The average molecular weight is 260 g/mol. The molecule has 0 aromatic heterocycles. The van der Waals surface area contributed by atoms with Gasteiger partial charge in [0.1, 0.15) is 0 Å². The lowest BCUT2D eigenvalue weighted by molar-refractivity contribution is -0.0383. The predicted molar refractivity (Wildman–Crippen MR) is 77.1 cm³/mol. The summed E-state index contributed by atoms with van der Waals surface area (Å²) in [7, 11) is 0. The normalized spacial score (nSPS) is 32.0. The van der Waals surface area contributed by atoms with Crippen LogP contribution in [0.15, 0.2) is 24.3 Å². The van der Waals surface area contributed by atoms with Crippen LogP contribution in [0.1, 0.15) is 36.9 Å². The number of nitrogens with zero attached hydrogens (tertiary/aromatic N) is 1. The molecular formula is C16H24N2O. The number of rotatable bonds is 2. The van der Waals surface area contributed by atoms with Crippen LogP contribution in [-0.4, -0.2) is 36.7 Å². The molecular weight excluding hydrogens is 236 g/mol. The zero-order valence-electron chi connectivity index (χ0n) is 11.7. The van der Waals surface area contributed by atoms with Crippen LogP contribution in [0.4, 0.5) is 0 Å². The predicted octanol–water partition coefficient (Wildman–Crippen LogP) is 2.11. The average Bonchev–Trinajstić information content (AvgIpc) is 2.48. The number of hydrogen-bond acceptors (Lipinski definition) is 3. The van der Waals surface area contributed by atoms with Gasteiger partial charge in [0.25, 0.3) is 0 Å². The van der Waals surface area contributed by atoms with Gasteiger partial charge in [0.05, 0.1) is 13.2 Å². The third-order valence-electron chi connectivity index (χ3n) is 4.71. The molecule has 1 aliphatic carbocycles. The number of fused-ring (bicyclic) bond motifs is 1. The summed E-state index contributed by atoms with van der Waals surface area (Å²) < 4.78 is 5.62. The minimum Gasteiger partial charge on any atom is -0.378 e. The first-order chi connectivity index (χ1) is 9.31. The highest BCUT2D eigenvalue weighted by atomic mass is 16.5. The van der Waals surface area contributed by atoms with E-state index in [9.17, 15) is 0 Å². The van der Waals surface area contributed by atoms with Gasteiger partial charge in [-0.3, -0.25) is 4.90 Å². The molecule has 1 heterocycles. The minimum absolute atomic E-state index is 0.150. The summed E-state index contributed by atoms with van der Waals surface area (Å²) in [6.07, 6.45) is 3.47. The molecule has 0 radical (unpaired) electrons. The highest BCUT2D eigenvalue weighted by Crippen LogP contribution is 2.33. The van der Waals surface area contributed by atoms with Gasteiger partial charge in [0, 0.05) is 24.7 Å². The first-order valence-corrected chi connectivity index (χ1v) is 7.48. The van der Waals surface area contributed by atoms with Gasteiger partial charge in [-0.2, -0.15) is 0 Å². The summed E-state index contributed by atoms with van der Waals surface area (Å²) in [6, 6.07) is 9.82. The van der Waals surface area contributed by atoms with Crippen LogP contribution >= 0.6 is 0 Å². The highest BCUT2D eigenvalue weighted by molar-refractivity contribution is 5.33. The third-order valence-corrected chi connectivity index (χ3v) is 4.71. The summed E-state index contributed by atoms with van der Waals surface area (Å²) in [5.41, 5.74) is 9.34. The molecule has 3 unspecified atom stereocenters. The molecule has 3 rings (SSSR count). The second-order valence-corrected chi connectivity index (χ2v) is 5.71. The van der Waals surface area contributed by atoms with E-state index in [0.29, 0.717) is 12.1 Å². The molecule has 1 aliphatic heterocycles. The Balaban J connectivity index is 1.82. The number of hydrogen-bond donors (Lipinski definition) is 1. The molecule has 1 fully saturated rings. The minimum atomic E-state index is 0.150. The molecule has 1 aromatic rings. The molecule has 0 saturated carbocycles. The zero-order valence-corrected chi connectivity index (χ0v) is 11.7. The van der Waals surface area contributed by atoms with E-state index in [1.165, 1.54) is 17.5 Å². The van der Waals surface area contributed by atoms with Crippen LogP contribution in [0.2, 0.25) is 0 Å². The topological polar surface area (TPSA) is 38.5 Å². The van der Waals surface area contributed by atoms with Gasteiger partial charge in [0.2, 0.25) is 0 Å². The molecule has 2 aliphatic rings. The Bertz CT molecular complexity index is 435. The van der Waals surface area contributed by atoms with Crippen LogP contribution in [-0.2, 0) is 11.2 Å². The van der Waals surface area contributed by atoms with E-state index >= 15 is 0 Å². The second-order valence-electron chi connectivity index (χ2n) is 5.71. The fourth-order valence-electron chi connectivity index (χ4n) is 3.61. The lowest BCUT2D eigenvalue weighted by Crippen LogP contribution is -2.55. The Hall–Kier alpha value is -0.900. The van der Waals surface area contributed by atoms with Crippen LogP contribution in [0.5, 0.6) is 0 Å². The summed E-state index contributed by atoms with van der Waals surface area (Å²) in [5.74, 6) is 0. The molecule has 19 heavy (non-hydrogen) atoms. The van der Waals surface area contributed by atoms with E-state index in [-0.39, 0.29) is 6.04 Å². The SMILES string of the molecule is CCC1COCCN1C1CCc2ccccc2C1N. The van der Waals surface area contributed by atoms with Crippen molar-refractivity contribution < 1.29 is 4.74 Å². The maximum Gasteiger partial charge on any atom is 0.0622 e. The van der Waals surface area contributed by atoms with E-state index < -0.39 is 0 Å². The van der Waals surface area contributed by atoms with Crippen LogP contribution in [0, 0.1) is 0 Å². The van der Waals surface area contributed by atoms with Crippen molar-refractivity contribution in [1.82, 2.24) is 4.90 Å². The van der Waals surface area contributed by atoms with E-state index in [1.54, 1.807) is 0 Å². The van der Waals surface area contributed by atoms with Crippen LogP contribution in [0.25, 0.3) is 0 Å². The second kappa shape index (κ2) is 5.61. The van der Waals surface area contributed by atoms with Crippen LogP contribution in [0.3, 0.4) is 0 Å². The highest BCUT2D eigenvalue weighted by Gasteiger charge is 2.35. The Morgan fingerprint density at radius 1 is 1.37 bits per heavy atom. The van der Waals surface area contributed by atoms with Crippen LogP contribution < -0.4 is 5.73 Å². The molecule has 1 saturated heterocycles. The van der Waals surface area contributed by atoms with Crippen molar-refractivity contribution in [2.24, 2.45) is 5.73 Å². The molecule has 1 aromatic carbocycles. The maximum absolute atomic E-state index is 6.56. The molecule has 3 nitrogen and oxygen atoms in total. The number of nitrogens with two attached hydrogens (primary N) is 1. The number of ether oxygens (including phenoxy) is 1. The molecule has 0 bridgehead atoms. The van der Waals surface area contributed by atoms with Crippen molar-refractivity contribution in [3.8, 4) is 0 Å². The van der Waals surface area contributed by atoms with Gasteiger partial charge >= 0.3 is 0 Å². The van der Waals surface area contributed by atoms with Gasteiger partial charge in [-0.25, -0.2) is 0 Å². The lowest BCUT2D eigenvalue weighted by Gasteiger charge is -2.45. The molecule has 0 amide bonds. The monoisotopic (exact) mass is 260 g/mol. The fourth-order valence-corrected chi connectivity index (χ4v) is 3.61. The van der Waals surface area contributed by atoms with Gasteiger partial charge in [-0.15, -0.1) is 0 Å². The van der Waals surface area contributed by atoms with Crippen molar-refractivity contribution in [2.75, 3.05) is 19.8 Å². The Morgan fingerprint density at radius 2 is 2.21 bits per heavy atom. The molecule has 2 N–H and O–H groups in total. The molecule has 104 valence electrons. The molecule has 3 heteroatoms. The first kappa shape index (κ1) is 13.1. The fraction of sp³-hybridized carbons (Fsp3) is 0.625. The summed E-state index contributed by atoms with van der Waals surface area (Å²) in [5, 5.41) is 0. The van der Waals surface area contributed by atoms with Crippen molar-refractivity contribution >= 4 is 0 Å². The van der Waals surface area contributed by atoms with Crippen molar-refractivity contribution in [3.63, 3.8) is 0 Å². The van der Waals surface area contributed by atoms with Crippen molar-refractivity contribution in [1.29, 1.82) is 0 Å². The van der Waals surface area contributed by atoms with E-state index in [2.05, 4.69) is 36.1 Å². The van der Waals surface area contributed by atoms with Gasteiger partial charge in [-0.05, 0) is 30.4 Å². The summed E-state index contributed by atoms with van der Waals surface area (Å²) in [6.45, 7) is 4.98. The number of morpholine rings is 1. The van der Waals surface area contributed by atoms with Gasteiger partial charge < -0.3 is 10.5 Å². The molecule has 0 spiro atoms. The Labute approximate surface area is 115 Å².